The molecule has 0 spiro atoms. The maximum atomic E-state index is 2.34. The van der Waals surface area contributed by atoms with Crippen molar-refractivity contribution in [3.63, 3.8) is 0 Å². The van der Waals surface area contributed by atoms with Crippen LogP contribution in [0.15, 0.2) is 42.5 Å². The zero-order valence-electron chi connectivity index (χ0n) is 14.6. The van der Waals surface area contributed by atoms with Gasteiger partial charge in [-0.25, -0.2) is 0 Å². The molecule has 0 nitrogen and oxygen atoms in total. The number of hydrogen-bond donors (Lipinski definition) is 0. The molecule has 1 heteroatoms. The quantitative estimate of drug-likeness (QED) is 0.429. The average Bonchev–Trinajstić information content (AvgIpc) is 2.46. The van der Waals surface area contributed by atoms with Crippen molar-refractivity contribution in [3.8, 4) is 11.1 Å². The Morgan fingerprint density at radius 1 is 0.591 bits per heavy atom. The molecule has 2 aromatic rings. The summed E-state index contributed by atoms with van der Waals surface area (Å²) < 4.78 is 0. The van der Waals surface area contributed by atoms with Crippen molar-refractivity contribution in [2.45, 2.75) is 59.3 Å². The van der Waals surface area contributed by atoms with Crippen LogP contribution in [0.3, 0.4) is 0 Å². The van der Waals surface area contributed by atoms with Gasteiger partial charge in [0.1, 0.15) is 0 Å². The standard InChI is InChI=1S/C21H28.Au/c1-14(2)18-12-13-19(17-10-8-7-9-11-17)21(16(5)6)20(18)15(3)4;/h7-16H,1-6H3;. The summed E-state index contributed by atoms with van der Waals surface area (Å²) in [4.78, 5) is 0. The Balaban J connectivity index is 0.00000242. The van der Waals surface area contributed by atoms with E-state index in [0.717, 1.165) is 0 Å². The maximum absolute atomic E-state index is 2.34. The van der Waals surface area contributed by atoms with E-state index >= 15 is 0 Å². The summed E-state index contributed by atoms with van der Waals surface area (Å²) in [5.74, 6) is 1.67. The van der Waals surface area contributed by atoms with Crippen LogP contribution in [-0.4, -0.2) is 0 Å². The molecule has 0 aliphatic heterocycles. The van der Waals surface area contributed by atoms with Gasteiger partial charge in [-0.2, -0.15) is 0 Å². The summed E-state index contributed by atoms with van der Waals surface area (Å²) in [6.45, 7) is 13.9. The monoisotopic (exact) mass is 477 g/mol. The van der Waals surface area contributed by atoms with Crippen LogP contribution in [0.1, 0.15) is 76.0 Å². The zero-order chi connectivity index (χ0) is 15.6. The van der Waals surface area contributed by atoms with Crippen LogP contribution in [0.4, 0.5) is 0 Å². The van der Waals surface area contributed by atoms with Crippen molar-refractivity contribution in [1.29, 1.82) is 0 Å². The summed E-state index contributed by atoms with van der Waals surface area (Å²) >= 11 is 0. The molecule has 0 aromatic heterocycles. The molecule has 0 bridgehead atoms. The first-order valence-corrected chi connectivity index (χ1v) is 8.15. The van der Waals surface area contributed by atoms with E-state index in [2.05, 4.69) is 84.0 Å². The molecule has 0 N–H and O–H groups in total. The largest absolute Gasteiger partial charge is 0.0622 e. The van der Waals surface area contributed by atoms with E-state index in [1.54, 1.807) is 5.56 Å². The molecular formula is C21H28Au. The van der Waals surface area contributed by atoms with Crippen LogP contribution in [0.2, 0.25) is 0 Å². The molecule has 0 unspecified atom stereocenters. The van der Waals surface area contributed by atoms with Crippen LogP contribution in [0.5, 0.6) is 0 Å². The molecular weight excluding hydrogens is 449 g/mol. The normalized spacial score (nSPS) is 11.1. The molecule has 22 heavy (non-hydrogen) atoms. The molecule has 0 amide bonds. The Bertz CT molecular complexity index is 595. The minimum Gasteiger partial charge on any atom is -0.0622 e. The first-order chi connectivity index (χ1) is 9.93. The minimum atomic E-state index is 0. The summed E-state index contributed by atoms with van der Waals surface area (Å²) in [7, 11) is 0. The van der Waals surface area contributed by atoms with Gasteiger partial charge >= 0.3 is 0 Å². The predicted molar refractivity (Wildman–Crippen MR) is 94.1 cm³/mol. The van der Waals surface area contributed by atoms with Gasteiger partial charge in [0.2, 0.25) is 0 Å². The van der Waals surface area contributed by atoms with Gasteiger partial charge in [0.15, 0.2) is 0 Å². The summed E-state index contributed by atoms with van der Waals surface area (Å²) in [5.41, 5.74) is 7.33. The van der Waals surface area contributed by atoms with E-state index in [1.807, 2.05) is 0 Å². The molecule has 0 aliphatic carbocycles. The van der Waals surface area contributed by atoms with Crippen molar-refractivity contribution >= 4 is 0 Å². The molecule has 2 rings (SSSR count). The molecule has 1 radical (unpaired) electrons. The van der Waals surface area contributed by atoms with E-state index in [-0.39, 0.29) is 22.4 Å². The second-order valence-corrected chi connectivity index (χ2v) is 6.86. The Morgan fingerprint density at radius 2 is 1.14 bits per heavy atom. The molecule has 0 saturated carbocycles. The first-order valence-electron chi connectivity index (χ1n) is 8.15. The first kappa shape index (κ1) is 19.2. The third-order valence-electron chi connectivity index (χ3n) is 4.18. The summed E-state index contributed by atoms with van der Waals surface area (Å²) in [6, 6.07) is 15.5. The van der Waals surface area contributed by atoms with Crippen molar-refractivity contribution in [1.82, 2.24) is 0 Å². The third-order valence-corrected chi connectivity index (χ3v) is 4.18. The number of hydrogen-bond acceptors (Lipinski definition) is 0. The van der Waals surface area contributed by atoms with Crippen LogP contribution >= 0.6 is 0 Å². The Hall–Kier alpha value is -0.820. The Morgan fingerprint density at radius 3 is 1.59 bits per heavy atom. The smallest absolute Gasteiger partial charge is 0 e. The fourth-order valence-corrected chi connectivity index (χ4v) is 3.29. The van der Waals surface area contributed by atoms with Gasteiger partial charge < -0.3 is 0 Å². The molecule has 2 aromatic carbocycles. The topological polar surface area (TPSA) is 0 Å². The Labute approximate surface area is 151 Å². The third kappa shape index (κ3) is 3.93. The van der Waals surface area contributed by atoms with Gasteiger partial charge in [0.05, 0.1) is 0 Å². The van der Waals surface area contributed by atoms with E-state index in [9.17, 15) is 0 Å². The van der Waals surface area contributed by atoms with Crippen LogP contribution in [-0.2, 0) is 22.4 Å². The van der Waals surface area contributed by atoms with E-state index in [4.69, 9.17) is 0 Å². The van der Waals surface area contributed by atoms with Crippen molar-refractivity contribution in [3.05, 3.63) is 59.2 Å². The van der Waals surface area contributed by atoms with Crippen molar-refractivity contribution < 1.29 is 22.4 Å². The number of rotatable bonds is 4. The van der Waals surface area contributed by atoms with E-state index < -0.39 is 0 Å². The van der Waals surface area contributed by atoms with E-state index in [1.165, 1.54) is 22.3 Å². The molecule has 0 saturated heterocycles. The van der Waals surface area contributed by atoms with Crippen molar-refractivity contribution in [2.75, 3.05) is 0 Å². The van der Waals surface area contributed by atoms with Crippen molar-refractivity contribution in [2.24, 2.45) is 0 Å². The van der Waals surface area contributed by atoms with Crippen LogP contribution < -0.4 is 0 Å². The molecule has 0 heterocycles. The SMILES string of the molecule is CC(C)c1ccc(-c2ccccc2)c(C(C)C)c1C(C)C.[Au]. The van der Waals surface area contributed by atoms with Gasteiger partial charge in [0, 0.05) is 22.4 Å². The average molecular weight is 477 g/mol. The predicted octanol–water partition coefficient (Wildman–Crippen LogP) is 6.72. The number of benzene rings is 2. The van der Waals surface area contributed by atoms with Gasteiger partial charge in [-0.05, 0) is 45.6 Å². The zero-order valence-corrected chi connectivity index (χ0v) is 16.7. The van der Waals surface area contributed by atoms with Gasteiger partial charge in [-0.15, -0.1) is 0 Å². The maximum Gasteiger partial charge on any atom is 0 e. The molecule has 0 fully saturated rings. The fraction of sp³-hybridized carbons (Fsp3) is 0.429. The fourth-order valence-electron chi connectivity index (χ4n) is 3.29. The minimum absolute atomic E-state index is 0. The summed E-state index contributed by atoms with van der Waals surface area (Å²) in [6.07, 6.45) is 0. The van der Waals surface area contributed by atoms with Gasteiger partial charge in [0.25, 0.3) is 0 Å². The van der Waals surface area contributed by atoms with Crippen LogP contribution in [0.25, 0.3) is 11.1 Å². The van der Waals surface area contributed by atoms with Gasteiger partial charge in [-0.1, -0.05) is 84.0 Å². The van der Waals surface area contributed by atoms with Crippen LogP contribution in [0, 0.1) is 0 Å². The second-order valence-electron chi connectivity index (χ2n) is 6.86. The molecule has 123 valence electrons. The molecule has 0 atom stereocenters. The van der Waals surface area contributed by atoms with E-state index in [0.29, 0.717) is 17.8 Å². The van der Waals surface area contributed by atoms with Gasteiger partial charge in [-0.3, -0.25) is 0 Å². The Kier molecular flexibility index (Phi) is 7.12. The second kappa shape index (κ2) is 8.15. The molecule has 0 aliphatic rings. The summed E-state index contributed by atoms with van der Waals surface area (Å²) in [5, 5.41) is 0.